The number of aliphatic hydroxyl groups is 1. The van der Waals surface area contributed by atoms with Crippen LogP contribution >= 0.6 is 0 Å². The lowest BCUT2D eigenvalue weighted by Gasteiger charge is -2.41. The second-order valence-electron chi connectivity index (χ2n) is 8.81. The zero-order valence-electron chi connectivity index (χ0n) is 14.8. The molecular formula is C18H36N2O. The molecule has 2 atom stereocenters. The van der Waals surface area contributed by atoms with Gasteiger partial charge in [0.25, 0.3) is 0 Å². The lowest BCUT2D eigenvalue weighted by molar-refractivity contribution is 0.0762. The number of rotatable bonds is 4. The molecule has 1 saturated carbocycles. The van der Waals surface area contributed by atoms with Gasteiger partial charge in [0, 0.05) is 17.6 Å². The first kappa shape index (κ1) is 17.2. The van der Waals surface area contributed by atoms with Crippen LogP contribution in [-0.2, 0) is 0 Å². The van der Waals surface area contributed by atoms with Crippen LogP contribution in [0.3, 0.4) is 0 Å². The lowest BCUT2D eigenvalue weighted by Crippen LogP contribution is -2.51. The third-order valence-electron chi connectivity index (χ3n) is 5.75. The van der Waals surface area contributed by atoms with E-state index in [0.29, 0.717) is 17.5 Å². The summed E-state index contributed by atoms with van der Waals surface area (Å²) in [6.07, 6.45) is 6.14. The summed E-state index contributed by atoms with van der Waals surface area (Å²) < 4.78 is 0. The van der Waals surface area contributed by atoms with Gasteiger partial charge in [-0.2, -0.15) is 0 Å². The zero-order valence-corrected chi connectivity index (χ0v) is 14.8. The molecule has 21 heavy (non-hydrogen) atoms. The Hall–Kier alpha value is -0.120. The summed E-state index contributed by atoms with van der Waals surface area (Å²) in [7, 11) is 0. The normalized spacial score (nSPS) is 33.0. The first-order valence-corrected chi connectivity index (χ1v) is 8.88. The standard InChI is InChI=1S/C18H36N2O/c1-14(2)19-18(13-21)9-6-16(12-18)20-10-7-15(8-11-20)17(3,4)5/h14-16,19,21H,6-13H2,1-5H3. The number of nitrogens with one attached hydrogen (secondary N) is 1. The van der Waals surface area contributed by atoms with Gasteiger partial charge in [-0.05, 0) is 56.5 Å². The summed E-state index contributed by atoms with van der Waals surface area (Å²) >= 11 is 0. The van der Waals surface area contributed by atoms with Crippen molar-refractivity contribution in [3.05, 3.63) is 0 Å². The summed E-state index contributed by atoms with van der Waals surface area (Å²) in [6, 6.07) is 1.12. The number of piperidine rings is 1. The molecule has 0 aromatic carbocycles. The van der Waals surface area contributed by atoms with E-state index in [1.54, 1.807) is 0 Å². The van der Waals surface area contributed by atoms with E-state index in [9.17, 15) is 5.11 Å². The van der Waals surface area contributed by atoms with Crippen molar-refractivity contribution in [3.8, 4) is 0 Å². The largest absolute Gasteiger partial charge is 0.394 e. The average Bonchev–Trinajstić information content (AvgIpc) is 2.82. The summed E-state index contributed by atoms with van der Waals surface area (Å²) in [5.74, 6) is 0.867. The highest BCUT2D eigenvalue weighted by molar-refractivity contribution is 5.01. The number of likely N-dealkylation sites (tertiary alicyclic amines) is 1. The molecule has 1 saturated heterocycles. The van der Waals surface area contributed by atoms with E-state index in [0.717, 1.165) is 18.8 Å². The van der Waals surface area contributed by atoms with E-state index in [1.807, 2.05) is 0 Å². The second kappa shape index (κ2) is 6.55. The molecular weight excluding hydrogens is 260 g/mol. The first-order chi connectivity index (χ1) is 9.76. The molecule has 1 aliphatic carbocycles. The van der Waals surface area contributed by atoms with Crippen LogP contribution in [0.1, 0.15) is 66.7 Å². The predicted octanol–water partition coefficient (Wildman–Crippen LogP) is 3.03. The van der Waals surface area contributed by atoms with Crippen LogP contribution in [0.2, 0.25) is 0 Å². The van der Waals surface area contributed by atoms with Gasteiger partial charge in [0.05, 0.1) is 6.61 Å². The Morgan fingerprint density at radius 1 is 1.19 bits per heavy atom. The molecule has 2 N–H and O–H groups in total. The van der Waals surface area contributed by atoms with E-state index in [1.165, 1.54) is 32.4 Å². The SMILES string of the molecule is CC(C)NC1(CO)CCC(N2CCC(C(C)(C)C)CC2)C1. The van der Waals surface area contributed by atoms with E-state index in [-0.39, 0.29) is 12.1 Å². The van der Waals surface area contributed by atoms with Gasteiger partial charge in [-0.15, -0.1) is 0 Å². The zero-order chi connectivity index (χ0) is 15.7. The predicted molar refractivity (Wildman–Crippen MR) is 89.5 cm³/mol. The van der Waals surface area contributed by atoms with Gasteiger partial charge in [-0.3, -0.25) is 0 Å². The van der Waals surface area contributed by atoms with Crippen LogP contribution in [0.25, 0.3) is 0 Å². The fourth-order valence-electron chi connectivity index (χ4n) is 4.47. The quantitative estimate of drug-likeness (QED) is 0.837. The topological polar surface area (TPSA) is 35.5 Å². The molecule has 3 nitrogen and oxygen atoms in total. The molecule has 2 aliphatic rings. The molecule has 0 amide bonds. The van der Waals surface area contributed by atoms with Crippen LogP contribution in [-0.4, -0.2) is 47.3 Å². The molecule has 0 bridgehead atoms. The highest BCUT2D eigenvalue weighted by Crippen LogP contribution is 2.38. The van der Waals surface area contributed by atoms with Crippen molar-refractivity contribution in [3.63, 3.8) is 0 Å². The summed E-state index contributed by atoms with van der Waals surface area (Å²) in [4.78, 5) is 2.70. The Bertz CT molecular complexity index is 329. The molecule has 1 heterocycles. The number of nitrogens with zero attached hydrogens (tertiary/aromatic N) is 1. The molecule has 0 aromatic rings. The van der Waals surface area contributed by atoms with Crippen LogP contribution in [0.4, 0.5) is 0 Å². The van der Waals surface area contributed by atoms with Gasteiger partial charge in [0.1, 0.15) is 0 Å². The monoisotopic (exact) mass is 296 g/mol. The Morgan fingerprint density at radius 3 is 2.29 bits per heavy atom. The molecule has 2 fully saturated rings. The third-order valence-corrected chi connectivity index (χ3v) is 5.75. The molecule has 2 unspecified atom stereocenters. The van der Waals surface area contributed by atoms with E-state index in [2.05, 4.69) is 44.8 Å². The fourth-order valence-corrected chi connectivity index (χ4v) is 4.47. The second-order valence-corrected chi connectivity index (χ2v) is 8.81. The highest BCUT2D eigenvalue weighted by atomic mass is 16.3. The van der Waals surface area contributed by atoms with Gasteiger partial charge >= 0.3 is 0 Å². The van der Waals surface area contributed by atoms with Gasteiger partial charge in [0.15, 0.2) is 0 Å². The Labute approximate surface area is 131 Å². The molecule has 3 heteroatoms. The van der Waals surface area contributed by atoms with E-state index >= 15 is 0 Å². The minimum atomic E-state index is -0.0281. The van der Waals surface area contributed by atoms with E-state index < -0.39 is 0 Å². The molecule has 0 aromatic heterocycles. The minimum absolute atomic E-state index is 0.0281. The number of hydrogen-bond acceptors (Lipinski definition) is 3. The lowest BCUT2D eigenvalue weighted by atomic mass is 9.75. The van der Waals surface area contributed by atoms with Crippen molar-refractivity contribution in [1.29, 1.82) is 0 Å². The number of hydrogen-bond donors (Lipinski definition) is 2. The fraction of sp³-hybridized carbons (Fsp3) is 1.00. The van der Waals surface area contributed by atoms with Crippen LogP contribution in [0.15, 0.2) is 0 Å². The van der Waals surface area contributed by atoms with Gasteiger partial charge in [-0.1, -0.05) is 34.6 Å². The van der Waals surface area contributed by atoms with Crippen molar-refractivity contribution in [2.45, 2.75) is 84.3 Å². The van der Waals surface area contributed by atoms with Crippen molar-refractivity contribution in [2.75, 3.05) is 19.7 Å². The van der Waals surface area contributed by atoms with Crippen molar-refractivity contribution in [1.82, 2.24) is 10.2 Å². The Kier molecular flexibility index (Phi) is 5.38. The van der Waals surface area contributed by atoms with Crippen LogP contribution in [0.5, 0.6) is 0 Å². The van der Waals surface area contributed by atoms with Gasteiger partial charge in [-0.25, -0.2) is 0 Å². The maximum Gasteiger partial charge on any atom is 0.0614 e. The maximum absolute atomic E-state index is 9.85. The minimum Gasteiger partial charge on any atom is -0.394 e. The smallest absolute Gasteiger partial charge is 0.0614 e. The average molecular weight is 296 g/mol. The number of aliphatic hydroxyl groups excluding tert-OH is 1. The van der Waals surface area contributed by atoms with Crippen molar-refractivity contribution >= 4 is 0 Å². The first-order valence-electron chi connectivity index (χ1n) is 8.88. The van der Waals surface area contributed by atoms with Crippen molar-refractivity contribution in [2.24, 2.45) is 11.3 Å². The van der Waals surface area contributed by atoms with Crippen LogP contribution < -0.4 is 5.32 Å². The van der Waals surface area contributed by atoms with Gasteiger partial charge in [0.2, 0.25) is 0 Å². The highest BCUT2D eigenvalue weighted by Gasteiger charge is 2.42. The van der Waals surface area contributed by atoms with Crippen LogP contribution in [0, 0.1) is 11.3 Å². The molecule has 0 spiro atoms. The van der Waals surface area contributed by atoms with Gasteiger partial charge < -0.3 is 15.3 Å². The summed E-state index contributed by atoms with van der Waals surface area (Å²) in [5.41, 5.74) is 0.426. The Balaban J connectivity index is 1.88. The molecule has 124 valence electrons. The van der Waals surface area contributed by atoms with Crippen molar-refractivity contribution < 1.29 is 5.11 Å². The summed E-state index contributed by atoms with van der Waals surface area (Å²) in [5, 5.41) is 13.5. The molecule has 0 radical (unpaired) electrons. The third kappa shape index (κ3) is 4.20. The van der Waals surface area contributed by atoms with E-state index in [4.69, 9.17) is 0 Å². The Morgan fingerprint density at radius 2 is 1.81 bits per heavy atom. The maximum atomic E-state index is 9.85. The molecule has 2 rings (SSSR count). The summed E-state index contributed by atoms with van der Waals surface area (Å²) in [6.45, 7) is 14.3. The molecule has 1 aliphatic heterocycles.